The summed E-state index contributed by atoms with van der Waals surface area (Å²) in [5.74, 6) is -0.418. The average molecular weight is 179 g/mol. The number of hydrazine groups is 1. The summed E-state index contributed by atoms with van der Waals surface area (Å²) < 4.78 is 0. The van der Waals surface area contributed by atoms with Gasteiger partial charge >= 0.3 is 0 Å². The molecular formula is C8H13N5. The van der Waals surface area contributed by atoms with Gasteiger partial charge in [-0.1, -0.05) is 6.08 Å². The van der Waals surface area contributed by atoms with E-state index < -0.39 is 5.91 Å². The smallest absolute Gasteiger partial charge is 0.237 e. The Kier molecular flexibility index (Phi) is 1.56. The van der Waals surface area contributed by atoms with E-state index in [4.69, 9.17) is 11.5 Å². The molecule has 2 aliphatic rings. The summed E-state index contributed by atoms with van der Waals surface area (Å²) >= 11 is 0. The fourth-order valence-corrected chi connectivity index (χ4v) is 1.36. The van der Waals surface area contributed by atoms with Crippen LogP contribution in [0.3, 0.4) is 0 Å². The van der Waals surface area contributed by atoms with Gasteiger partial charge in [-0.15, -0.1) is 0 Å². The molecule has 2 rings (SSSR count). The van der Waals surface area contributed by atoms with Gasteiger partial charge in [-0.25, -0.2) is 4.99 Å². The monoisotopic (exact) mass is 179 g/mol. The highest BCUT2D eigenvalue weighted by Crippen LogP contribution is 2.20. The van der Waals surface area contributed by atoms with Crippen molar-refractivity contribution in [1.82, 2.24) is 10.4 Å². The zero-order valence-corrected chi connectivity index (χ0v) is 7.70. The van der Waals surface area contributed by atoms with Gasteiger partial charge in [0, 0.05) is 5.70 Å². The molecule has 0 radical (unpaired) electrons. The van der Waals surface area contributed by atoms with Crippen LogP contribution in [0.1, 0.15) is 13.8 Å². The summed E-state index contributed by atoms with van der Waals surface area (Å²) in [6, 6.07) is 0. The predicted octanol–water partition coefficient (Wildman–Crippen LogP) is -0.402. The van der Waals surface area contributed by atoms with Crippen LogP contribution < -0.4 is 16.9 Å². The second kappa shape index (κ2) is 2.41. The Morgan fingerprint density at radius 3 is 2.77 bits per heavy atom. The topological polar surface area (TPSA) is 79.7 Å². The highest BCUT2D eigenvalue weighted by molar-refractivity contribution is 5.96. The molecule has 5 heteroatoms. The maximum Gasteiger partial charge on any atom is 0.237 e. The zero-order chi connectivity index (χ0) is 9.64. The fourth-order valence-electron chi connectivity index (χ4n) is 1.36. The first-order chi connectivity index (χ1) is 5.99. The molecule has 5 nitrogen and oxygen atoms in total. The van der Waals surface area contributed by atoms with E-state index in [9.17, 15) is 0 Å². The molecule has 70 valence electrons. The van der Waals surface area contributed by atoms with E-state index in [1.807, 2.05) is 26.0 Å². The van der Waals surface area contributed by atoms with Gasteiger partial charge in [0.1, 0.15) is 5.84 Å². The Morgan fingerprint density at radius 2 is 2.08 bits per heavy atom. The van der Waals surface area contributed by atoms with Gasteiger partial charge in [0.2, 0.25) is 5.91 Å². The van der Waals surface area contributed by atoms with Crippen LogP contribution in [0.2, 0.25) is 0 Å². The largest absolute Gasteiger partial charge is 0.280 e. The zero-order valence-electron chi connectivity index (χ0n) is 7.70. The Morgan fingerprint density at radius 1 is 1.38 bits per heavy atom. The number of rotatable bonds is 0. The summed E-state index contributed by atoms with van der Waals surface area (Å²) in [6.07, 6.45) is 3.88. The molecule has 13 heavy (non-hydrogen) atoms. The lowest BCUT2D eigenvalue weighted by Crippen LogP contribution is -2.60. The second-order valence-electron chi connectivity index (χ2n) is 3.34. The third kappa shape index (κ3) is 1.27. The van der Waals surface area contributed by atoms with E-state index in [2.05, 4.69) is 10.4 Å². The molecule has 0 saturated heterocycles. The van der Waals surface area contributed by atoms with Crippen LogP contribution in [-0.4, -0.2) is 16.8 Å². The van der Waals surface area contributed by atoms with Gasteiger partial charge in [-0.3, -0.25) is 16.5 Å². The van der Waals surface area contributed by atoms with Gasteiger partial charge in [-0.05, 0) is 25.5 Å². The summed E-state index contributed by atoms with van der Waals surface area (Å²) in [4.78, 5) is 4.09. The van der Waals surface area contributed by atoms with Gasteiger partial charge < -0.3 is 0 Å². The molecule has 5 N–H and O–H groups in total. The number of nitrogens with one attached hydrogen (secondary N) is 1. The Balaban J connectivity index is 2.40. The third-order valence-corrected chi connectivity index (χ3v) is 2.21. The highest BCUT2D eigenvalue weighted by Gasteiger charge is 2.32. The van der Waals surface area contributed by atoms with Crippen molar-refractivity contribution in [3.05, 3.63) is 23.4 Å². The Hall–Kier alpha value is -1.17. The van der Waals surface area contributed by atoms with Crippen molar-refractivity contribution in [2.45, 2.75) is 19.8 Å². The molecule has 0 bridgehead atoms. The van der Waals surface area contributed by atoms with Crippen molar-refractivity contribution in [3.8, 4) is 0 Å². The number of hydrogen-bond acceptors (Lipinski definition) is 5. The normalized spacial score (nSPS) is 24.9. The SMILES string of the molecule is CC1=C(C)N2NC(N)(N)N=C2C=C1. The van der Waals surface area contributed by atoms with E-state index in [1.165, 1.54) is 5.57 Å². The van der Waals surface area contributed by atoms with E-state index >= 15 is 0 Å². The summed E-state index contributed by atoms with van der Waals surface area (Å²) in [5, 5.41) is 1.80. The van der Waals surface area contributed by atoms with Crippen LogP contribution >= 0.6 is 0 Å². The minimum atomic E-state index is -1.18. The van der Waals surface area contributed by atoms with Gasteiger partial charge in [0.15, 0.2) is 0 Å². The lowest BCUT2D eigenvalue weighted by Gasteiger charge is -2.26. The number of aliphatic imine (C=N–C) groups is 1. The first kappa shape index (κ1) is 8.43. The molecule has 0 fully saturated rings. The number of amidine groups is 1. The van der Waals surface area contributed by atoms with Crippen LogP contribution in [0, 0.1) is 0 Å². The first-order valence-electron chi connectivity index (χ1n) is 4.11. The van der Waals surface area contributed by atoms with Crippen molar-refractivity contribution in [2.75, 3.05) is 0 Å². The number of allylic oxidation sites excluding steroid dienone is 3. The van der Waals surface area contributed by atoms with Crippen LogP contribution in [0.5, 0.6) is 0 Å². The third-order valence-electron chi connectivity index (χ3n) is 2.21. The quantitative estimate of drug-likeness (QED) is 0.442. The number of fused-ring (bicyclic) bond motifs is 1. The van der Waals surface area contributed by atoms with E-state index in [0.717, 1.165) is 11.5 Å². The van der Waals surface area contributed by atoms with E-state index in [1.54, 1.807) is 5.01 Å². The molecule has 0 saturated carbocycles. The minimum Gasteiger partial charge on any atom is -0.280 e. The molecule has 0 atom stereocenters. The van der Waals surface area contributed by atoms with Crippen molar-refractivity contribution in [1.29, 1.82) is 0 Å². The summed E-state index contributed by atoms with van der Waals surface area (Å²) in [6.45, 7) is 4.01. The highest BCUT2D eigenvalue weighted by atomic mass is 15.7. The molecule has 2 heterocycles. The van der Waals surface area contributed by atoms with Crippen molar-refractivity contribution in [3.63, 3.8) is 0 Å². The van der Waals surface area contributed by atoms with Crippen LogP contribution in [0.25, 0.3) is 0 Å². The second-order valence-corrected chi connectivity index (χ2v) is 3.34. The number of hydrogen-bond donors (Lipinski definition) is 3. The van der Waals surface area contributed by atoms with E-state index in [0.29, 0.717) is 0 Å². The lowest BCUT2D eigenvalue weighted by atomic mass is 10.1. The molecule has 0 aromatic heterocycles. The molecule has 0 amide bonds. The summed E-state index contributed by atoms with van der Waals surface area (Å²) in [7, 11) is 0. The number of nitrogens with two attached hydrogens (primary N) is 2. The van der Waals surface area contributed by atoms with Gasteiger partial charge in [-0.2, -0.15) is 5.43 Å². The molecule has 0 spiro atoms. The molecule has 0 unspecified atom stereocenters. The predicted molar refractivity (Wildman–Crippen MR) is 51.0 cm³/mol. The van der Waals surface area contributed by atoms with Crippen molar-refractivity contribution < 1.29 is 0 Å². The van der Waals surface area contributed by atoms with Crippen LogP contribution in [-0.2, 0) is 0 Å². The maximum atomic E-state index is 5.63. The standard InChI is InChI=1S/C8H13N5/c1-5-3-4-7-11-8(9,10)12-13(7)6(5)2/h3-4,12H,9-10H2,1-2H3. The Bertz CT molecular complexity index is 336. The lowest BCUT2D eigenvalue weighted by molar-refractivity contribution is 0.262. The average Bonchev–Trinajstić information content (AvgIpc) is 2.34. The summed E-state index contributed by atoms with van der Waals surface area (Å²) in [5.41, 5.74) is 16.4. The number of nitrogens with zero attached hydrogens (tertiary/aromatic N) is 2. The molecule has 0 aromatic rings. The van der Waals surface area contributed by atoms with Crippen molar-refractivity contribution >= 4 is 5.84 Å². The van der Waals surface area contributed by atoms with E-state index in [-0.39, 0.29) is 0 Å². The first-order valence-corrected chi connectivity index (χ1v) is 4.11. The molecule has 0 aliphatic carbocycles. The molecule has 0 aromatic carbocycles. The maximum absolute atomic E-state index is 5.63. The fraction of sp³-hybridized carbons (Fsp3) is 0.375. The van der Waals surface area contributed by atoms with Gasteiger partial charge in [0.05, 0.1) is 0 Å². The van der Waals surface area contributed by atoms with Gasteiger partial charge in [0.25, 0.3) is 0 Å². The minimum absolute atomic E-state index is 0.758. The van der Waals surface area contributed by atoms with Crippen LogP contribution in [0.15, 0.2) is 28.4 Å². The van der Waals surface area contributed by atoms with Crippen LogP contribution in [0.4, 0.5) is 0 Å². The Labute approximate surface area is 76.8 Å². The molecular weight excluding hydrogens is 166 g/mol. The molecule has 2 aliphatic heterocycles. The van der Waals surface area contributed by atoms with Crippen molar-refractivity contribution in [2.24, 2.45) is 16.5 Å².